The molecule has 1 aliphatic heterocycles. The summed E-state index contributed by atoms with van der Waals surface area (Å²) < 4.78 is 55.8. The van der Waals surface area contributed by atoms with Gasteiger partial charge < -0.3 is 10.2 Å². The second-order valence-corrected chi connectivity index (χ2v) is 10.1. The molecular weight excluding hydrogens is 560 g/mol. The summed E-state index contributed by atoms with van der Waals surface area (Å²) in [6, 6.07) is 9.45. The van der Waals surface area contributed by atoms with Crippen LogP contribution in [0, 0.1) is 17.1 Å². The van der Waals surface area contributed by atoms with Gasteiger partial charge in [0.2, 0.25) is 0 Å². The van der Waals surface area contributed by atoms with Crippen molar-refractivity contribution in [2.45, 2.75) is 43.8 Å². The number of anilines is 2. The highest BCUT2D eigenvalue weighted by atomic mass is 32.1. The van der Waals surface area contributed by atoms with E-state index in [1.165, 1.54) is 23.1 Å². The molecule has 1 N–H and O–H groups in total. The molecule has 41 heavy (non-hydrogen) atoms. The van der Waals surface area contributed by atoms with E-state index in [0.29, 0.717) is 38.2 Å². The van der Waals surface area contributed by atoms with Crippen molar-refractivity contribution >= 4 is 40.5 Å². The van der Waals surface area contributed by atoms with Crippen LogP contribution in [0.3, 0.4) is 0 Å². The first-order chi connectivity index (χ1) is 19.6. The zero-order valence-corrected chi connectivity index (χ0v) is 22.2. The molecule has 1 saturated carbocycles. The summed E-state index contributed by atoms with van der Waals surface area (Å²) >= 11 is 5.63. The molecular formula is C28H22F4N6O2S. The number of thiocarbonyl (C=S) groups is 1. The van der Waals surface area contributed by atoms with Crippen molar-refractivity contribution < 1.29 is 27.2 Å². The number of halogens is 4. The van der Waals surface area contributed by atoms with Gasteiger partial charge in [-0.3, -0.25) is 19.5 Å². The molecule has 2 fully saturated rings. The average Bonchev–Trinajstić information content (AvgIpc) is 3.52. The number of alkyl halides is 3. The summed E-state index contributed by atoms with van der Waals surface area (Å²) in [4.78, 5) is 36.8. The second kappa shape index (κ2) is 10.9. The van der Waals surface area contributed by atoms with Crippen LogP contribution in [0.1, 0.15) is 52.9 Å². The minimum Gasteiger partial charge on any atom is -0.352 e. The highest BCUT2D eigenvalue weighted by Crippen LogP contribution is 2.46. The van der Waals surface area contributed by atoms with E-state index < -0.39 is 40.6 Å². The molecule has 2 amide bonds. The zero-order valence-electron chi connectivity index (χ0n) is 21.4. The van der Waals surface area contributed by atoms with Crippen LogP contribution in [0.2, 0.25) is 0 Å². The number of aromatic nitrogens is 2. The van der Waals surface area contributed by atoms with Gasteiger partial charge in [0.15, 0.2) is 10.8 Å². The molecule has 1 saturated heterocycles. The lowest BCUT2D eigenvalue weighted by atomic mass is 9.94. The standard InChI is InChI=1S/C28H22F4N6O2S/c29-22-4-3-18(13-20(22)24(39)35-12-7-17-5-10-34-11-6-17)38-26(41)37(25(40)27(38)8-1-2-9-27)19-14-21(28(30,31)32)23(15-33)36-16-19/h3-6,10-11,13-14,16H,1-2,7-9,12H2,(H,35,39). The third-order valence-corrected chi connectivity index (χ3v) is 7.65. The summed E-state index contributed by atoms with van der Waals surface area (Å²) in [5, 5.41) is 11.7. The Hall–Kier alpha value is -4.44. The summed E-state index contributed by atoms with van der Waals surface area (Å²) in [5.74, 6) is -2.00. The van der Waals surface area contributed by atoms with Crippen LogP contribution in [0.25, 0.3) is 0 Å². The summed E-state index contributed by atoms with van der Waals surface area (Å²) in [7, 11) is 0. The number of hydrogen-bond acceptors (Lipinski definition) is 6. The molecule has 0 radical (unpaired) electrons. The second-order valence-electron chi connectivity index (χ2n) is 9.72. The van der Waals surface area contributed by atoms with Crippen molar-refractivity contribution in [3.05, 3.63) is 83.2 Å². The van der Waals surface area contributed by atoms with Gasteiger partial charge in [-0.2, -0.15) is 18.4 Å². The number of amides is 2. The van der Waals surface area contributed by atoms with Crippen molar-refractivity contribution in [3.8, 4) is 6.07 Å². The highest BCUT2D eigenvalue weighted by Gasteiger charge is 2.57. The zero-order chi connectivity index (χ0) is 29.4. The number of nitrogens with one attached hydrogen (secondary N) is 1. The maximum Gasteiger partial charge on any atom is 0.419 e. The van der Waals surface area contributed by atoms with Crippen molar-refractivity contribution in [3.63, 3.8) is 0 Å². The third kappa shape index (κ3) is 5.11. The van der Waals surface area contributed by atoms with Crippen LogP contribution in [0.5, 0.6) is 0 Å². The van der Waals surface area contributed by atoms with Gasteiger partial charge in [0.1, 0.15) is 17.4 Å². The Morgan fingerprint density at radius 1 is 1.12 bits per heavy atom. The minimum atomic E-state index is -4.89. The predicted octanol–water partition coefficient (Wildman–Crippen LogP) is 4.93. The van der Waals surface area contributed by atoms with Gasteiger partial charge in [-0.25, -0.2) is 9.37 Å². The smallest absolute Gasteiger partial charge is 0.352 e. The number of carbonyl (C=O) groups is 2. The Morgan fingerprint density at radius 2 is 1.83 bits per heavy atom. The van der Waals surface area contributed by atoms with Crippen molar-refractivity contribution in [1.29, 1.82) is 5.26 Å². The Labute approximate surface area is 237 Å². The Balaban J connectivity index is 1.48. The fourth-order valence-corrected chi connectivity index (χ4v) is 5.80. The molecule has 1 spiro atoms. The van der Waals surface area contributed by atoms with Crippen LogP contribution >= 0.6 is 12.2 Å². The molecule has 210 valence electrons. The number of benzene rings is 1. The van der Waals surface area contributed by atoms with Gasteiger partial charge in [-0.05, 0) is 73.4 Å². The first kappa shape index (κ1) is 28.1. The van der Waals surface area contributed by atoms with E-state index in [0.717, 1.165) is 22.7 Å². The largest absolute Gasteiger partial charge is 0.419 e. The van der Waals surface area contributed by atoms with Gasteiger partial charge in [-0.1, -0.05) is 12.8 Å². The first-order valence-electron chi connectivity index (χ1n) is 12.7. The quantitative estimate of drug-likeness (QED) is 0.325. The Bertz CT molecular complexity index is 1570. The van der Waals surface area contributed by atoms with E-state index in [4.69, 9.17) is 17.5 Å². The number of nitriles is 1. The van der Waals surface area contributed by atoms with Crippen LogP contribution in [-0.2, 0) is 17.4 Å². The fraction of sp³-hybridized carbons (Fsp3) is 0.286. The molecule has 0 unspecified atom stereocenters. The topological polar surface area (TPSA) is 102 Å². The van der Waals surface area contributed by atoms with E-state index in [-0.39, 0.29) is 28.6 Å². The molecule has 0 bridgehead atoms. The molecule has 5 rings (SSSR count). The molecule has 3 heterocycles. The lowest BCUT2D eigenvalue weighted by Gasteiger charge is -2.33. The minimum absolute atomic E-state index is 0.132. The van der Waals surface area contributed by atoms with E-state index in [1.807, 2.05) is 0 Å². The molecule has 3 aromatic rings. The van der Waals surface area contributed by atoms with Crippen molar-refractivity contribution in [1.82, 2.24) is 15.3 Å². The van der Waals surface area contributed by atoms with E-state index in [2.05, 4.69) is 15.3 Å². The SMILES string of the molecule is N#Cc1ncc(N2C(=O)C3(CCCC3)N(c3ccc(F)c(C(=O)NCCc4ccncc4)c3)C2=S)cc1C(F)(F)F. The number of carbonyl (C=O) groups excluding carboxylic acids is 2. The summed E-state index contributed by atoms with van der Waals surface area (Å²) in [6.45, 7) is 0.234. The molecule has 0 atom stereocenters. The lowest BCUT2D eigenvalue weighted by Crippen LogP contribution is -2.47. The molecule has 13 heteroatoms. The highest BCUT2D eigenvalue weighted by molar-refractivity contribution is 7.81. The van der Waals surface area contributed by atoms with Crippen molar-refractivity contribution in [2.24, 2.45) is 0 Å². The van der Waals surface area contributed by atoms with Crippen molar-refractivity contribution in [2.75, 3.05) is 16.3 Å². The third-order valence-electron chi connectivity index (χ3n) is 7.29. The molecule has 1 aromatic carbocycles. The Morgan fingerprint density at radius 3 is 2.49 bits per heavy atom. The van der Waals surface area contributed by atoms with Crippen LogP contribution < -0.4 is 15.1 Å². The maximum atomic E-state index is 14.8. The molecule has 2 aromatic heterocycles. The predicted molar refractivity (Wildman–Crippen MR) is 144 cm³/mol. The first-order valence-corrected chi connectivity index (χ1v) is 13.1. The van der Waals surface area contributed by atoms with Gasteiger partial charge in [-0.15, -0.1) is 0 Å². The van der Waals surface area contributed by atoms with Gasteiger partial charge in [0, 0.05) is 24.6 Å². The lowest BCUT2D eigenvalue weighted by molar-refractivity contribution is -0.138. The Kier molecular flexibility index (Phi) is 7.44. The monoisotopic (exact) mass is 582 g/mol. The molecule has 1 aliphatic carbocycles. The van der Waals surface area contributed by atoms with Gasteiger partial charge in [0.25, 0.3) is 11.8 Å². The number of pyridine rings is 2. The van der Waals surface area contributed by atoms with Gasteiger partial charge >= 0.3 is 6.18 Å². The average molecular weight is 583 g/mol. The van der Waals surface area contributed by atoms with Crippen LogP contribution in [0.15, 0.2) is 55.0 Å². The van der Waals surface area contributed by atoms with Crippen LogP contribution in [0.4, 0.5) is 28.9 Å². The number of rotatable bonds is 6. The number of hydrogen-bond donors (Lipinski definition) is 1. The van der Waals surface area contributed by atoms with E-state index in [1.54, 1.807) is 24.5 Å². The number of nitrogens with zero attached hydrogens (tertiary/aromatic N) is 5. The maximum absolute atomic E-state index is 14.8. The normalized spacial score (nSPS) is 16.4. The summed E-state index contributed by atoms with van der Waals surface area (Å²) in [6.07, 6.45) is 1.86. The molecule has 8 nitrogen and oxygen atoms in total. The van der Waals surface area contributed by atoms with Crippen LogP contribution in [-0.4, -0.2) is 39.0 Å². The van der Waals surface area contributed by atoms with E-state index >= 15 is 0 Å². The summed E-state index contributed by atoms with van der Waals surface area (Å²) in [5.41, 5.74) is -2.66. The van der Waals surface area contributed by atoms with Gasteiger partial charge in [0.05, 0.1) is 23.0 Å². The fourth-order valence-electron chi connectivity index (χ4n) is 5.33. The molecule has 2 aliphatic rings. The van der Waals surface area contributed by atoms with E-state index in [9.17, 15) is 27.2 Å².